The van der Waals surface area contributed by atoms with E-state index in [1.54, 1.807) is 11.3 Å². The van der Waals surface area contributed by atoms with Crippen LogP contribution < -0.4 is 11.1 Å². The number of rotatable bonds is 4. The normalized spacial score (nSPS) is 12.4. The summed E-state index contributed by atoms with van der Waals surface area (Å²) < 4.78 is 2.32. The van der Waals surface area contributed by atoms with Gasteiger partial charge in [0, 0.05) is 22.0 Å². The predicted octanol–water partition coefficient (Wildman–Crippen LogP) is 3.39. The quantitative estimate of drug-likeness (QED) is 0.776. The zero-order valence-electron chi connectivity index (χ0n) is 10.7. The summed E-state index contributed by atoms with van der Waals surface area (Å²) in [4.78, 5) is 12.8. The molecule has 0 aliphatic heterocycles. The van der Waals surface area contributed by atoms with Gasteiger partial charge in [0.2, 0.25) is 0 Å². The van der Waals surface area contributed by atoms with Crippen molar-refractivity contribution in [2.45, 2.75) is 6.04 Å². The molecule has 3 nitrogen and oxygen atoms in total. The van der Waals surface area contributed by atoms with E-state index >= 15 is 0 Å². The predicted molar refractivity (Wildman–Crippen MR) is 85.4 cm³/mol. The maximum atomic E-state index is 12.1. The summed E-state index contributed by atoms with van der Waals surface area (Å²) in [5, 5.41) is 4.93. The third-order valence-electron chi connectivity index (χ3n) is 3.07. The Labute approximate surface area is 125 Å². The SMILES string of the molecule is NC(CNC(=O)c1cc2sccc2s1)c1ccccc1. The number of carbonyl (C=O) groups is 1. The molecule has 0 saturated heterocycles. The molecule has 1 unspecified atom stereocenters. The van der Waals surface area contributed by atoms with Gasteiger partial charge in [-0.3, -0.25) is 4.79 Å². The van der Waals surface area contributed by atoms with Crippen LogP contribution in [-0.4, -0.2) is 12.5 Å². The first-order chi connectivity index (χ1) is 9.74. The molecule has 0 fully saturated rings. The molecular weight excluding hydrogens is 288 g/mol. The summed E-state index contributed by atoms with van der Waals surface area (Å²) in [5.74, 6) is -0.0511. The zero-order chi connectivity index (χ0) is 13.9. The van der Waals surface area contributed by atoms with Crippen LogP contribution in [0.1, 0.15) is 21.3 Å². The van der Waals surface area contributed by atoms with Crippen molar-refractivity contribution in [1.29, 1.82) is 0 Å². The molecule has 0 aliphatic rings. The van der Waals surface area contributed by atoms with Crippen molar-refractivity contribution >= 4 is 38.0 Å². The number of hydrogen-bond donors (Lipinski definition) is 2. The third kappa shape index (κ3) is 2.75. The van der Waals surface area contributed by atoms with Crippen LogP contribution in [0.3, 0.4) is 0 Å². The lowest BCUT2D eigenvalue weighted by Crippen LogP contribution is -2.31. The Hall–Kier alpha value is -1.69. The summed E-state index contributed by atoms with van der Waals surface area (Å²) in [6, 6.07) is 13.6. The minimum Gasteiger partial charge on any atom is -0.349 e. The molecule has 0 spiro atoms. The van der Waals surface area contributed by atoms with Gasteiger partial charge >= 0.3 is 0 Å². The molecule has 3 aromatic rings. The van der Waals surface area contributed by atoms with Crippen LogP contribution in [0, 0.1) is 0 Å². The molecule has 2 aromatic heterocycles. The van der Waals surface area contributed by atoms with E-state index < -0.39 is 0 Å². The van der Waals surface area contributed by atoms with E-state index in [-0.39, 0.29) is 11.9 Å². The van der Waals surface area contributed by atoms with Crippen LogP contribution in [0.15, 0.2) is 47.8 Å². The molecule has 20 heavy (non-hydrogen) atoms. The van der Waals surface area contributed by atoms with Crippen LogP contribution >= 0.6 is 22.7 Å². The highest BCUT2D eigenvalue weighted by molar-refractivity contribution is 7.27. The molecule has 3 rings (SSSR count). The van der Waals surface area contributed by atoms with E-state index in [1.807, 2.05) is 47.8 Å². The lowest BCUT2D eigenvalue weighted by atomic mass is 10.1. The summed E-state index contributed by atoms with van der Waals surface area (Å²) in [6.07, 6.45) is 0. The monoisotopic (exact) mass is 302 g/mol. The van der Waals surface area contributed by atoms with Gasteiger partial charge in [-0.1, -0.05) is 30.3 Å². The second-order valence-corrected chi connectivity index (χ2v) is 6.52. The molecule has 0 bridgehead atoms. The molecule has 5 heteroatoms. The van der Waals surface area contributed by atoms with E-state index in [1.165, 1.54) is 11.3 Å². The van der Waals surface area contributed by atoms with E-state index in [9.17, 15) is 4.79 Å². The topological polar surface area (TPSA) is 55.1 Å². The second kappa shape index (κ2) is 5.75. The zero-order valence-corrected chi connectivity index (χ0v) is 12.3. The first kappa shape index (κ1) is 13.3. The minimum atomic E-state index is -0.179. The van der Waals surface area contributed by atoms with Crippen LogP contribution in [0.5, 0.6) is 0 Å². The number of hydrogen-bond acceptors (Lipinski definition) is 4. The molecule has 1 atom stereocenters. The number of carbonyl (C=O) groups excluding carboxylic acids is 1. The van der Waals surface area contributed by atoms with Gasteiger partial charge in [0.05, 0.1) is 4.88 Å². The standard InChI is InChI=1S/C15H14N2OS2/c16-11(10-4-2-1-3-5-10)9-17-15(18)14-8-13-12(20-14)6-7-19-13/h1-8,11H,9,16H2,(H,17,18). The summed E-state index contributed by atoms with van der Waals surface area (Å²) in [6.45, 7) is 0.439. The van der Waals surface area contributed by atoms with Gasteiger partial charge in [-0.2, -0.15) is 0 Å². The average molecular weight is 302 g/mol. The second-order valence-electron chi connectivity index (χ2n) is 4.49. The first-order valence-electron chi connectivity index (χ1n) is 6.30. The minimum absolute atomic E-state index is 0.0511. The molecule has 0 aliphatic carbocycles. The van der Waals surface area contributed by atoms with Crippen molar-refractivity contribution in [3.8, 4) is 0 Å². The molecule has 0 saturated carbocycles. The van der Waals surface area contributed by atoms with E-state index in [0.717, 1.165) is 19.8 Å². The van der Waals surface area contributed by atoms with Crippen molar-refractivity contribution in [3.05, 3.63) is 58.3 Å². The van der Waals surface area contributed by atoms with E-state index in [0.29, 0.717) is 6.54 Å². The van der Waals surface area contributed by atoms with E-state index in [4.69, 9.17) is 5.73 Å². The Balaban J connectivity index is 1.63. The number of thiophene rings is 2. The molecule has 2 heterocycles. The summed E-state index contributed by atoms with van der Waals surface area (Å²) >= 11 is 3.17. The molecule has 3 N–H and O–H groups in total. The fourth-order valence-corrected chi connectivity index (χ4v) is 4.01. The lowest BCUT2D eigenvalue weighted by Gasteiger charge is -2.12. The Bertz CT molecular complexity index is 689. The lowest BCUT2D eigenvalue weighted by molar-refractivity contribution is 0.0955. The highest BCUT2D eigenvalue weighted by atomic mass is 32.1. The van der Waals surface area contributed by atoms with Crippen molar-refractivity contribution in [2.24, 2.45) is 5.73 Å². The highest BCUT2D eigenvalue weighted by Gasteiger charge is 2.12. The van der Waals surface area contributed by atoms with Crippen molar-refractivity contribution < 1.29 is 4.79 Å². The van der Waals surface area contributed by atoms with Crippen molar-refractivity contribution in [1.82, 2.24) is 5.32 Å². The smallest absolute Gasteiger partial charge is 0.261 e. The van der Waals surface area contributed by atoms with Gasteiger partial charge in [0.25, 0.3) is 5.91 Å². The largest absolute Gasteiger partial charge is 0.349 e. The number of nitrogens with one attached hydrogen (secondary N) is 1. The third-order valence-corrected chi connectivity index (χ3v) is 5.17. The van der Waals surface area contributed by atoms with Crippen LogP contribution in [-0.2, 0) is 0 Å². The number of amides is 1. The van der Waals surface area contributed by atoms with E-state index in [2.05, 4.69) is 5.32 Å². The fourth-order valence-electron chi connectivity index (χ4n) is 1.99. The molecule has 102 valence electrons. The number of benzene rings is 1. The van der Waals surface area contributed by atoms with Gasteiger partial charge in [-0.25, -0.2) is 0 Å². The van der Waals surface area contributed by atoms with Crippen LogP contribution in [0.2, 0.25) is 0 Å². The molecule has 1 aromatic carbocycles. The Kier molecular flexibility index (Phi) is 3.82. The van der Waals surface area contributed by atoms with Crippen LogP contribution in [0.4, 0.5) is 0 Å². The van der Waals surface area contributed by atoms with Gasteiger partial charge < -0.3 is 11.1 Å². The van der Waals surface area contributed by atoms with Crippen LogP contribution in [0.25, 0.3) is 9.40 Å². The number of fused-ring (bicyclic) bond motifs is 1. The van der Waals surface area contributed by atoms with Gasteiger partial charge in [0.15, 0.2) is 0 Å². The fraction of sp³-hybridized carbons (Fsp3) is 0.133. The number of nitrogens with two attached hydrogens (primary N) is 1. The Morgan fingerprint density at radius 1 is 1.20 bits per heavy atom. The highest BCUT2D eigenvalue weighted by Crippen LogP contribution is 2.29. The molecule has 0 radical (unpaired) electrons. The maximum Gasteiger partial charge on any atom is 0.261 e. The van der Waals surface area contributed by atoms with Crippen molar-refractivity contribution in [3.63, 3.8) is 0 Å². The maximum absolute atomic E-state index is 12.1. The summed E-state index contributed by atoms with van der Waals surface area (Å²) in [5.41, 5.74) is 7.09. The average Bonchev–Trinajstić information content (AvgIpc) is 3.06. The van der Waals surface area contributed by atoms with Gasteiger partial charge in [-0.05, 0) is 23.1 Å². The Morgan fingerprint density at radius 3 is 2.75 bits per heavy atom. The Morgan fingerprint density at radius 2 is 2.00 bits per heavy atom. The van der Waals surface area contributed by atoms with Gasteiger partial charge in [-0.15, -0.1) is 22.7 Å². The molecule has 1 amide bonds. The van der Waals surface area contributed by atoms with Gasteiger partial charge in [0.1, 0.15) is 0 Å². The molecular formula is C15H14N2OS2. The summed E-state index contributed by atoms with van der Waals surface area (Å²) in [7, 11) is 0. The first-order valence-corrected chi connectivity index (χ1v) is 7.99. The van der Waals surface area contributed by atoms with Crippen molar-refractivity contribution in [2.75, 3.05) is 6.54 Å².